The van der Waals surface area contributed by atoms with E-state index in [2.05, 4.69) is 10.6 Å². The van der Waals surface area contributed by atoms with E-state index < -0.39 is 16.1 Å². The normalized spacial score (nSPS) is 19.4. The number of sulfonamides is 1. The van der Waals surface area contributed by atoms with Crippen molar-refractivity contribution in [2.75, 3.05) is 23.7 Å². The smallest absolute Gasteiger partial charge is 0.265 e. The van der Waals surface area contributed by atoms with E-state index in [1.807, 2.05) is 6.92 Å². The van der Waals surface area contributed by atoms with Gasteiger partial charge < -0.3 is 15.4 Å². The molecule has 1 fully saturated rings. The maximum absolute atomic E-state index is 13.4. The van der Waals surface area contributed by atoms with Crippen LogP contribution in [0.4, 0.5) is 15.8 Å². The molecule has 2 amide bonds. The van der Waals surface area contributed by atoms with Crippen LogP contribution in [0, 0.1) is 18.7 Å². The van der Waals surface area contributed by atoms with Crippen LogP contribution >= 0.6 is 0 Å². The number of piperidine rings is 1. The summed E-state index contributed by atoms with van der Waals surface area (Å²) in [5.74, 6) is -0.851. The number of benzene rings is 2. The Morgan fingerprint density at radius 1 is 1.21 bits per heavy atom. The lowest BCUT2D eigenvalue weighted by molar-refractivity contribution is -0.123. The second kappa shape index (κ2) is 9.11. The number of carbonyl (C=O) groups is 2. The van der Waals surface area contributed by atoms with E-state index in [1.165, 1.54) is 34.6 Å². The molecule has 0 aromatic heterocycles. The van der Waals surface area contributed by atoms with Crippen molar-refractivity contribution < 1.29 is 27.1 Å². The van der Waals surface area contributed by atoms with Gasteiger partial charge in [-0.2, -0.15) is 4.31 Å². The summed E-state index contributed by atoms with van der Waals surface area (Å²) in [5.41, 5.74) is 1.46. The van der Waals surface area contributed by atoms with Crippen molar-refractivity contribution in [2.45, 2.75) is 44.1 Å². The highest BCUT2D eigenvalue weighted by molar-refractivity contribution is 7.89. The maximum atomic E-state index is 13.4. The van der Waals surface area contributed by atoms with Crippen molar-refractivity contribution in [2.24, 2.45) is 5.92 Å². The summed E-state index contributed by atoms with van der Waals surface area (Å²) in [5, 5.41) is 5.52. The highest BCUT2D eigenvalue weighted by Gasteiger charge is 2.35. The van der Waals surface area contributed by atoms with E-state index in [0.29, 0.717) is 42.0 Å². The predicted molar refractivity (Wildman–Crippen MR) is 121 cm³/mol. The molecule has 2 heterocycles. The molecule has 2 aliphatic heterocycles. The third kappa shape index (κ3) is 4.72. The Kier molecular flexibility index (Phi) is 6.40. The highest BCUT2D eigenvalue weighted by atomic mass is 32.2. The van der Waals surface area contributed by atoms with Crippen LogP contribution < -0.4 is 15.4 Å². The van der Waals surface area contributed by atoms with Crippen molar-refractivity contribution in [1.29, 1.82) is 0 Å². The maximum Gasteiger partial charge on any atom is 0.265 e. The zero-order valence-electron chi connectivity index (χ0n) is 18.4. The molecule has 1 atom stereocenters. The first kappa shape index (κ1) is 23.2. The number of carbonyl (C=O) groups excluding carboxylic acids is 2. The fourth-order valence-corrected chi connectivity index (χ4v) is 5.80. The molecule has 4 rings (SSSR count). The summed E-state index contributed by atoms with van der Waals surface area (Å²) in [7, 11) is -3.81. The topological polar surface area (TPSA) is 105 Å². The zero-order chi connectivity index (χ0) is 23.8. The molecule has 2 aromatic rings. The summed E-state index contributed by atoms with van der Waals surface area (Å²) in [4.78, 5) is 24.7. The monoisotopic (exact) mass is 475 g/mol. The number of aryl methyl sites for hydroxylation is 1. The second-order valence-electron chi connectivity index (χ2n) is 8.29. The molecule has 0 spiro atoms. The number of fused-ring (bicyclic) bond motifs is 1. The average molecular weight is 476 g/mol. The lowest BCUT2D eigenvalue weighted by atomic mass is 9.97. The molecule has 8 nitrogen and oxygen atoms in total. The quantitative estimate of drug-likeness (QED) is 0.691. The van der Waals surface area contributed by atoms with Gasteiger partial charge in [0.2, 0.25) is 15.9 Å². The first-order chi connectivity index (χ1) is 15.7. The Hall–Kier alpha value is -2.98. The summed E-state index contributed by atoms with van der Waals surface area (Å²) in [6.45, 7) is 3.90. The van der Waals surface area contributed by atoms with E-state index in [-0.39, 0.29) is 41.5 Å². The Morgan fingerprint density at radius 3 is 2.52 bits per heavy atom. The number of rotatable bonds is 5. The van der Waals surface area contributed by atoms with Gasteiger partial charge in [0.05, 0.1) is 10.6 Å². The number of hydrogen-bond acceptors (Lipinski definition) is 5. The number of amides is 2. The summed E-state index contributed by atoms with van der Waals surface area (Å²) in [6.07, 6.45) is 0.557. The van der Waals surface area contributed by atoms with Gasteiger partial charge >= 0.3 is 0 Å². The van der Waals surface area contributed by atoms with Crippen LogP contribution in [0.25, 0.3) is 0 Å². The van der Waals surface area contributed by atoms with Crippen LogP contribution in [-0.2, 0) is 19.6 Å². The van der Waals surface area contributed by atoms with Crippen molar-refractivity contribution in [3.63, 3.8) is 0 Å². The van der Waals surface area contributed by atoms with E-state index in [0.717, 1.165) is 0 Å². The molecule has 0 saturated carbocycles. The number of hydrogen-bond donors (Lipinski definition) is 2. The molecule has 33 heavy (non-hydrogen) atoms. The molecule has 0 bridgehead atoms. The number of halogens is 1. The van der Waals surface area contributed by atoms with Crippen molar-refractivity contribution in [3.05, 3.63) is 47.8 Å². The summed E-state index contributed by atoms with van der Waals surface area (Å²) >= 11 is 0. The van der Waals surface area contributed by atoms with Crippen molar-refractivity contribution in [1.82, 2.24) is 4.31 Å². The van der Waals surface area contributed by atoms with Gasteiger partial charge in [0.15, 0.2) is 6.10 Å². The standard InChI is InChI=1S/C23H26FN3O5S/c1-3-19-23(29)26-18-12-14(2)21(13-20(18)32-19)33(30,31)27-10-8-15(9-11-27)22(28)25-17-6-4-16(24)5-7-17/h4-7,12-13,15,19H,3,8-11H2,1-2H3,(H,25,28)(H,26,29)/t19-/m1/s1. The van der Waals surface area contributed by atoms with Crippen LogP contribution in [-0.4, -0.2) is 43.7 Å². The fourth-order valence-electron chi connectivity index (χ4n) is 4.11. The van der Waals surface area contributed by atoms with E-state index in [9.17, 15) is 22.4 Å². The second-order valence-corrected chi connectivity index (χ2v) is 10.2. The van der Waals surface area contributed by atoms with Crippen LogP contribution in [0.3, 0.4) is 0 Å². The molecule has 2 aromatic carbocycles. The lowest BCUT2D eigenvalue weighted by Crippen LogP contribution is -2.41. The van der Waals surface area contributed by atoms with E-state index >= 15 is 0 Å². The highest BCUT2D eigenvalue weighted by Crippen LogP contribution is 2.36. The number of nitrogens with one attached hydrogen (secondary N) is 2. The predicted octanol–water partition coefficient (Wildman–Crippen LogP) is 3.28. The van der Waals surface area contributed by atoms with Gasteiger partial charge in [-0.15, -0.1) is 0 Å². The van der Waals surface area contributed by atoms with Gasteiger partial charge in [-0.3, -0.25) is 9.59 Å². The molecule has 0 radical (unpaired) electrons. The fraction of sp³-hybridized carbons (Fsp3) is 0.391. The van der Waals surface area contributed by atoms with Gasteiger partial charge in [0.1, 0.15) is 11.6 Å². The lowest BCUT2D eigenvalue weighted by Gasteiger charge is -2.32. The Bertz CT molecular complexity index is 1180. The molecule has 2 aliphatic rings. The Balaban J connectivity index is 1.45. The van der Waals surface area contributed by atoms with Crippen LogP contribution in [0.5, 0.6) is 5.75 Å². The van der Waals surface area contributed by atoms with Gasteiger partial charge in [0.25, 0.3) is 5.91 Å². The molecule has 0 aliphatic carbocycles. The molecule has 0 unspecified atom stereocenters. The third-order valence-electron chi connectivity index (χ3n) is 6.02. The minimum Gasteiger partial charge on any atom is -0.478 e. The molecule has 1 saturated heterocycles. The minimum atomic E-state index is -3.81. The largest absolute Gasteiger partial charge is 0.478 e. The molecule has 10 heteroatoms. The molecular formula is C23H26FN3O5S. The molecular weight excluding hydrogens is 449 g/mol. The van der Waals surface area contributed by atoms with E-state index in [1.54, 1.807) is 13.0 Å². The van der Waals surface area contributed by atoms with Gasteiger partial charge in [0, 0.05) is 30.8 Å². The van der Waals surface area contributed by atoms with Crippen LogP contribution in [0.2, 0.25) is 0 Å². The zero-order valence-corrected chi connectivity index (χ0v) is 19.2. The minimum absolute atomic E-state index is 0.126. The van der Waals surface area contributed by atoms with Gasteiger partial charge in [-0.25, -0.2) is 12.8 Å². The van der Waals surface area contributed by atoms with E-state index in [4.69, 9.17) is 4.74 Å². The Labute approximate surface area is 192 Å². The van der Waals surface area contributed by atoms with Gasteiger partial charge in [-0.1, -0.05) is 6.92 Å². The van der Waals surface area contributed by atoms with Crippen molar-refractivity contribution >= 4 is 33.2 Å². The molecule has 176 valence electrons. The first-order valence-electron chi connectivity index (χ1n) is 10.9. The average Bonchev–Trinajstić information content (AvgIpc) is 2.79. The number of nitrogens with zero attached hydrogens (tertiary/aromatic N) is 1. The van der Waals surface area contributed by atoms with Crippen LogP contribution in [0.1, 0.15) is 31.7 Å². The molecule has 2 N–H and O–H groups in total. The Morgan fingerprint density at radius 2 is 1.88 bits per heavy atom. The number of anilines is 2. The van der Waals surface area contributed by atoms with Gasteiger partial charge in [-0.05, 0) is 62.1 Å². The number of ether oxygens (including phenoxy) is 1. The van der Waals surface area contributed by atoms with Crippen LogP contribution in [0.15, 0.2) is 41.3 Å². The first-order valence-corrected chi connectivity index (χ1v) is 12.3. The third-order valence-corrected chi connectivity index (χ3v) is 8.06. The summed E-state index contributed by atoms with van der Waals surface area (Å²) in [6, 6.07) is 8.58. The van der Waals surface area contributed by atoms with Crippen molar-refractivity contribution in [3.8, 4) is 5.75 Å². The summed E-state index contributed by atoms with van der Waals surface area (Å²) < 4.78 is 46.8. The SMILES string of the molecule is CC[C@H]1Oc2cc(S(=O)(=O)N3CCC(C(=O)Nc4ccc(F)cc4)CC3)c(C)cc2NC1=O.